The van der Waals surface area contributed by atoms with E-state index in [1.165, 1.54) is 0 Å². The Morgan fingerprint density at radius 2 is 1.94 bits per heavy atom. The van der Waals surface area contributed by atoms with Crippen molar-refractivity contribution in [3.8, 4) is 0 Å². The average molecular weight is 286 g/mol. The number of rotatable bonds is 5. The van der Waals surface area contributed by atoms with E-state index in [9.17, 15) is 5.11 Å². The predicted octanol–water partition coefficient (Wildman–Crippen LogP) is 2.74. The molecule has 0 aliphatic rings. The van der Waals surface area contributed by atoms with Crippen molar-refractivity contribution in [1.29, 1.82) is 0 Å². The SMILES string of the molecule is CCNC(C)C(C)(O)Cc1ccc(Br)cc1. The Morgan fingerprint density at radius 3 is 2.44 bits per heavy atom. The third-order valence-electron chi connectivity index (χ3n) is 2.92. The first kappa shape index (κ1) is 13.7. The molecular formula is C13H20BrNO. The molecule has 0 heterocycles. The Bertz CT molecular complexity index is 321. The van der Waals surface area contributed by atoms with Gasteiger partial charge in [-0.15, -0.1) is 0 Å². The van der Waals surface area contributed by atoms with Crippen molar-refractivity contribution in [2.45, 2.75) is 38.8 Å². The number of likely N-dealkylation sites (N-methyl/N-ethyl adjacent to an activating group) is 1. The van der Waals surface area contributed by atoms with Crippen LogP contribution in [0, 0.1) is 0 Å². The summed E-state index contributed by atoms with van der Waals surface area (Å²) < 4.78 is 1.07. The molecule has 2 atom stereocenters. The van der Waals surface area contributed by atoms with Crippen molar-refractivity contribution < 1.29 is 5.11 Å². The Kier molecular flexibility index (Phi) is 4.96. The summed E-state index contributed by atoms with van der Waals surface area (Å²) >= 11 is 3.40. The van der Waals surface area contributed by atoms with Gasteiger partial charge in [-0.2, -0.15) is 0 Å². The van der Waals surface area contributed by atoms with E-state index >= 15 is 0 Å². The molecule has 3 heteroatoms. The highest BCUT2D eigenvalue weighted by Gasteiger charge is 2.27. The lowest BCUT2D eigenvalue weighted by atomic mass is 9.90. The third-order valence-corrected chi connectivity index (χ3v) is 3.45. The van der Waals surface area contributed by atoms with Gasteiger partial charge in [0.05, 0.1) is 5.60 Å². The molecular weight excluding hydrogens is 266 g/mol. The van der Waals surface area contributed by atoms with E-state index in [2.05, 4.69) is 21.2 Å². The molecule has 1 aromatic rings. The molecule has 0 bridgehead atoms. The summed E-state index contributed by atoms with van der Waals surface area (Å²) in [5.41, 5.74) is 0.432. The molecule has 16 heavy (non-hydrogen) atoms. The minimum absolute atomic E-state index is 0.0844. The van der Waals surface area contributed by atoms with Gasteiger partial charge in [-0.1, -0.05) is 35.0 Å². The van der Waals surface area contributed by atoms with Crippen molar-refractivity contribution in [3.63, 3.8) is 0 Å². The highest BCUT2D eigenvalue weighted by molar-refractivity contribution is 9.10. The summed E-state index contributed by atoms with van der Waals surface area (Å²) in [6.07, 6.45) is 0.661. The summed E-state index contributed by atoms with van der Waals surface area (Å²) in [5, 5.41) is 13.6. The second-order valence-electron chi connectivity index (χ2n) is 4.44. The highest BCUT2D eigenvalue weighted by atomic mass is 79.9. The summed E-state index contributed by atoms with van der Waals surface area (Å²) in [7, 11) is 0. The van der Waals surface area contributed by atoms with Crippen LogP contribution in [0.3, 0.4) is 0 Å². The van der Waals surface area contributed by atoms with Gasteiger partial charge in [-0.3, -0.25) is 0 Å². The van der Waals surface area contributed by atoms with Gasteiger partial charge in [0.25, 0.3) is 0 Å². The maximum Gasteiger partial charge on any atom is 0.0809 e. The van der Waals surface area contributed by atoms with E-state index in [0.29, 0.717) is 6.42 Å². The van der Waals surface area contributed by atoms with Crippen LogP contribution < -0.4 is 5.32 Å². The zero-order valence-electron chi connectivity index (χ0n) is 10.1. The number of hydrogen-bond donors (Lipinski definition) is 2. The molecule has 0 aliphatic heterocycles. The molecule has 90 valence electrons. The Labute approximate surface area is 106 Å². The molecule has 1 aromatic carbocycles. The largest absolute Gasteiger partial charge is 0.388 e. The summed E-state index contributed by atoms with van der Waals surface area (Å²) in [5.74, 6) is 0. The van der Waals surface area contributed by atoms with Crippen LogP contribution >= 0.6 is 15.9 Å². The van der Waals surface area contributed by atoms with Gasteiger partial charge in [0.1, 0.15) is 0 Å². The minimum Gasteiger partial charge on any atom is -0.388 e. The van der Waals surface area contributed by atoms with Gasteiger partial charge in [0.2, 0.25) is 0 Å². The molecule has 0 saturated heterocycles. The molecule has 2 unspecified atom stereocenters. The zero-order chi connectivity index (χ0) is 12.2. The summed E-state index contributed by atoms with van der Waals surface area (Å²) in [4.78, 5) is 0. The number of halogens is 1. The average Bonchev–Trinajstić information content (AvgIpc) is 2.21. The van der Waals surface area contributed by atoms with Gasteiger partial charge in [-0.25, -0.2) is 0 Å². The number of aliphatic hydroxyl groups is 1. The van der Waals surface area contributed by atoms with Crippen LogP contribution in [0.2, 0.25) is 0 Å². The van der Waals surface area contributed by atoms with Crippen LogP contribution in [-0.4, -0.2) is 23.3 Å². The highest BCUT2D eigenvalue weighted by Crippen LogP contribution is 2.19. The van der Waals surface area contributed by atoms with Crippen molar-refractivity contribution in [2.24, 2.45) is 0 Å². The molecule has 2 N–H and O–H groups in total. The fraction of sp³-hybridized carbons (Fsp3) is 0.538. The molecule has 0 radical (unpaired) electrons. The first-order chi connectivity index (χ1) is 7.45. The summed E-state index contributed by atoms with van der Waals surface area (Å²) in [6, 6.07) is 8.17. The quantitative estimate of drug-likeness (QED) is 0.872. The molecule has 0 aromatic heterocycles. The molecule has 0 aliphatic carbocycles. The van der Waals surface area contributed by atoms with E-state index in [0.717, 1.165) is 16.6 Å². The van der Waals surface area contributed by atoms with Crippen LogP contribution in [-0.2, 0) is 6.42 Å². The lowest BCUT2D eigenvalue weighted by Crippen LogP contribution is -2.48. The molecule has 2 nitrogen and oxygen atoms in total. The Morgan fingerprint density at radius 1 is 1.38 bits per heavy atom. The first-order valence-corrected chi connectivity index (χ1v) is 6.45. The topological polar surface area (TPSA) is 32.3 Å². The standard InChI is InChI=1S/C13H20BrNO/c1-4-15-10(2)13(3,16)9-11-5-7-12(14)8-6-11/h5-8,10,15-16H,4,9H2,1-3H3. The Hall–Kier alpha value is -0.380. The normalized spacial score (nSPS) is 16.8. The Balaban J connectivity index is 2.68. The third kappa shape index (κ3) is 3.89. The van der Waals surface area contributed by atoms with E-state index in [-0.39, 0.29) is 6.04 Å². The van der Waals surface area contributed by atoms with Crippen LogP contribution in [0.15, 0.2) is 28.7 Å². The fourth-order valence-electron chi connectivity index (χ4n) is 1.69. The smallest absolute Gasteiger partial charge is 0.0809 e. The summed E-state index contributed by atoms with van der Waals surface area (Å²) in [6.45, 7) is 6.81. The van der Waals surface area contributed by atoms with Crippen LogP contribution in [0.4, 0.5) is 0 Å². The van der Waals surface area contributed by atoms with Crippen LogP contribution in [0.1, 0.15) is 26.3 Å². The van der Waals surface area contributed by atoms with Crippen LogP contribution in [0.5, 0.6) is 0 Å². The number of hydrogen-bond acceptors (Lipinski definition) is 2. The van der Waals surface area contributed by atoms with Gasteiger partial charge in [0.15, 0.2) is 0 Å². The van der Waals surface area contributed by atoms with E-state index in [4.69, 9.17) is 0 Å². The first-order valence-electron chi connectivity index (χ1n) is 5.66. The van der Waals surface area contributed by atoms with E-state index < -0.39 is 5.60 Å². The monoisotopic (exact) mass is 285 g/mol. The lowest BCUT2D eigenvalue weighted by molar-refractivity contribution is 0.0265. The zero-order valence-corrected chi connectivity index (χ0v) is 11.7. The predicted molar refractivity (Wildman–Crippen MR) is 71.6 cm³/mol. The molecule has 1 rings (SSSR count). The second kappa shape index (κ2) is 5.80. The van der Waals surface area contributed by atoms with Gasteiger partial charge in [-0.05, 0) is 38.1 Å². The number of nitrogens with one attached hydrogen (secondary N) is 1. The maximum atomic E-state index is 10.4. The minimum atomic E-state index is -0.718. The second-order valence-corrected chi connectivity index (χ2v) is 5.36. The lowest BCUT2D eigenvalue weighted by Gasteiger charge is -2.31. The molecule has 0 saturated carbocycles. The molecule has 0 spiro atoms. The maximum absolute atomic E-state index is 10.4. The molecule has 0 amide bonds. The van der Waals surface area contributed by atoms with E-state index in [1.54, 1.807) is 0 Å². The molecule has 0 fully saturated rings. The number of benzene rings is 1. The van der Waals surface area contributed by atoms with E-state index in [1.807, 2.05) is 45.0 Å². The van der Waals surface area contributed by atoms with Gasteiger partial charge < -0.3 is 10.4 Å². The van der Waals surface area contributed by atoms with Gasteiger partial charge in [0, 0.05) is 16.9 Å². The van der Waals surface area contributed by atoms with Gasteiger partial charge >= 0.3 is 0 Å². The van der Waals surface area contributed by atoms with Crippen molar-refractivity contribution in [1.82, 2.24) is 5.32 Å². The van der Waals surface area contributed by atoms with Crippen molar-refractivity contribution in [3.05, 3.63) is 34.3 Å². The van der Waals surface area contributed by atoms with Crippen molar-refractivity contribution >= 4 is 15.9 Å². The fourth-order valence-corrected chi connectivity index (χ4v) is 1.96. The van der Waals surface area contributed by atoms with Crippen molar-refractivity contribution in [2.75, 3.05) is 6.54 Å². The van der Waals surface area contributed by atoms with Crippen LogP contribution in [0.25, 0.3) is 0 Å².